The summed E-state index contributed by atoms with van der Waals surface area (Å²) in [5.41, 5.74) is -1.69. The van der Waals surface area contributed by atoms with Gasteiger partial charge in [0.1, 0.15) is 5.82 Å². The van der Waals surface area contributed by atoms with Gasteiger partial charge in [-0.25, -0.2) is 9.18 Å². The Balaban J connectivity index is 1.44. The number of nitrogens with zero attached hydrogens (tertiary/aromatic N) is 5. The molecule has 2 heterocycles. The molecule has 0 saturated heterocycles. The molecule has 14 heteroatoms. The Hall–Kier alpha value is -4.52. The average Bonchev–Trinajstić information content (AvgIpc) is 3.62. The summed E-state index contributed by atoms with van der Waals surface area (Å²) in [5.74, 6) is -4.00. The third-order valence-corrected chi connectivity index (χ3v) is 9.19. The fourth-order valence-electron chi connectivity index (χ4n) is 6.34. The van der Waals surface area contributed by atoms with Crippen LogP contribution in [0.25, 0.3) is 11.3 Å². The average molecular weight is 658 g/mol. The number of carboxylic acid groups (broad SMARTS) is 1. The maximum atomic E-state index is 15.3. The van der Waals surface area contributed by atoms with Crippen LogP contribution in [0.5, 0.6) is 0 Å². The van der Waals surface area contributed by atoms with E-state index in [9.17, 15) is 32.7 Å². The van der Waals surface area contributed by atoms with Gasteiger partial charge < -0.3 is 10.0 Å². The first-order valence-electron chi connectivity index (χ1n) is 14.5. The monoisotopic (exact) mass is 657 g/mol. The van der Waals surface area contributed by atoms with Crippen molar-refractivity contribution >= 4 is 29.4 Å². The van der Waals surface area contributed by atoms with Gasteiger partial charge in [0, 0.05) is 55.9 Å². The summed E-state index contributed by atoms with van der Waals surface area (Å²) in [6, 6.07) is 7.18. The lowest BCUT2D eigenvalue weighted by atomic mass is 9.84. The fraction of sp³-hybridized carbons (Fsp3) is 0.344. The quantitative estimate of drug-likeness (QED) is 0.251. The molecule has 0 unspecified atom stereocenters. The predicted octanol–water partition coefficient (Wildman–Crippen LogP) is 5.82. The zero-order chi connectivity index (χ0) is 33.1. The molecule has 9 nitrogen and oxygen atoms in total. The Labute approximate surface area is 265 Å². The van der Waals surface area contributed by atoms with E-state index in [0.29, 0.717) is 12.0 Å². The highest BCUT2D eigenvalue weighted by molar-refractivity contribution is 6.34. The van der Waals surface area contributed by atoms with Crippen LogP contribution in [0.4, 0.5) is 17.6 Å². The number of amides is 1. The first-order chi connectivity index (χ1) is 21.7. The number of carbonyl (C=O) groups is 3. The first kappa shape index (κ1) is 31.5. The minimum absolute atomic E-state index is 0.00329. The van der Waals surface area contributed by atoms with E-state index in [4.69, 9.17) is 11.6 Å². The third-order valence-electron chi connectivity index (χ3n) is 8.88. The molecule has 2 aromatic carbocycles. The zero-order valence-electron chi connectivity index (χ0n) is 24.7. The molecule has 0 spiro atoms. The van der Waals surface area contributed by atoms with Crippen molar-refractivity contribution in [2.24, 2.45) is 13.0 Å². The first-order valence-corrected chi connectivity index (χ1v) is 14.9. The molecule has 1 amide bonds. The third kappa shape index (κ3) is 5.36. The number of benzene rings is 2. The topological polar surface area (TPSA) is 110 Å². The van der Waals surface area contributed by atoms with E-state index in [0.717, 1.165) is 16.3 Å². The lowest BCUT2D eigenvalue weighted by Crippen LogP contribution is -2.36. The van der Waals surface area contributed by atoms with Gasteiger partial charge in [-0.05, 0) is 55.5 Å². The molecule has 1 fully saturated rings. The Morgan fingerprint density at radius 1 is 1.17 bits per heavy atom. The van der Waals surface area contributed by atoms with E-state index in [1.54, 1.807) is 31.2 Å². The number of carbonyl (C=O) groups excluding carboxylic acids is 2. The highest BCUT2D eigenvalue weighted by Crippen LogP contribution is 2.60. The molecular weight excluding hydrogens is 630 g/mol. The number of hydrogen-bond donors (Lipinski definition) is 1. The van der Waals surface area contributed by atoms with Crippen LogP contribution < -0.4 is 0 Å². The van der Waals surface area contributed by atoms with Crippen LogP contribution in [0.2, 0.25) is 5.02 Å². The highest BCUT2D eigenvalue weighted by Gasteiger charge is 2.65. The summed E-state index contributed by atoms with van der Waals surface area (Å²) in [5, 5.41) is 17.7. The Bertz CT molecular complexity index is 1900. The number of aromatic nitrogens is 4. The van der Waals surface area contributed by atoms with Gasteiger partial charge in [-0.2, -0.15) is 28.1 Å². The summed E-state index contributed by atoms with van der Waals surface area (Å²) in [7, 11) is 3.40. The zero-order valence-corrected chi connectivity index (χ0v) is 25.5. The molecule has 2 aromatic heterocycles. The molecule has 4 aromatic rings. The summed E-state index contributed by atoms with van der Waals surface area (Å²) in [6.45, 7) is 0.281. The number of aryl methyl sites for hydroxylation is 1. The van der Waals surface area contributed by atoms with Crippen molar-refractivity contribution in [2.45, 2.75) is 50.2 Å². The molecule has 1 saturated carbocycles. The van der Waals surface area contributed by atoms with Gasteiger partial charge in [0.2, 0.25) is 5.91 Å². The van der Waals surface area contributed by atoms with Crippen molar-refractivity contribution in [2.75, 3.05) is 7.05 Å². The van der Waals surface area contributed by atoms with Crippen molar-refractivity contribution < 1.29 is 37.1 Å². The molecule has 1 N–H and O–H groups in total. The van der Waals surface area contributed by atoms with Crippen LogP contribution in [0.15, 0.2) is 48.8 Å². The number of hydrogen-bond acceptors (Lipinski definition) is 5. The Morgan fingerprint density at radius 3 is 2.52 bits per heavy atom. The predicted molar refractivity (Wildman–Crippen MR) is 158 cm³/mol. The van der Waals surface area contributed by atoms with Gasteiger partial charge in [0.15, 0.2) is 0 Å². The molecule has 0 radical (unpaired) electrons. The van der Waals surface area contributed by atoms with Gasteiger partial charge in [-0.15, -0.1) is 0 Å². The van der Waals surface area contributed by atoms with Crippen molar-refractivity contribution in [3.63, 3.8) is 0 Å². The molecular formula is C32H28ClF4N5O4. The fourth-order valence-corrected chi connectivity index (χ4v) is 6.60. The Morgan fingerprint density at radius 2 is 1.91 bits per heavy atom. The van der Waals surface area contributed by atoms with Gasteiger partial charge in [-0.3, -0.25) is 14.3 Å². The number of rotatable bonds is 7. The maximum absolute atomic E-state index is 15.3. The molecule has 240 valence electrons. The number of aromatic carboxylic acids is 1. The molecule has 2 aliphatic carbocycles. The minimum atomic E-state index is -4.63. The van der Waals surface area contributed by atoms with Crippen molar-refractivity contribution in [3.05, 3.63) is 93.1 Å². The van der Waals surface area contributed by atoms with E-state index in [1.165, 1.54) is 35.2 Å². The smallest absolute Gasteiger partial charge is 0.398 e. The van der Waals surface area contributed by atoms with E-state index in [2.05, 4.69) is 10.2 Å². The summed E-state index contributed by atoms with van der Waals surface area (Å²) in [6.07, 6.45) is -1.09. The van der Waals surface area contributed by atoms with Crippen LogP contribution in [0.3, 0.4) is 0 Å². The maximum Gasteiger partial charge on any atom is 0.398 e. The number of halogens is 5. The number of fused-ring (bicyclic) bond motifs is 1. The largest absolute Gasteiger partial charge is 0.478 e. The number of alkyl halides is 3. The standard InChI is InChI=1S/C32H28ClF4N5O4/c1-40(15-17-14-38-41(2)16-17)28(43)18-6-9-21-25(13-18)42(39-27(21)20-8-7-19(30(45)46)12-24(20)34)29(44)26-22(4-3-5-23(26)33)31(10-11-31)32(35,36)37/h3-5,7-8,12,14,16,18H,6,9-11,13,15H2,1-2H3,(H,45,46)/t18-/m0/s1. The van der Waals surface area contributed by atoms with Gasteiger partial charge in [0.25, 0.3) is 5.91 Å². The van der Waals surface area contributed by atoms with Gasteiger partial charge in [0.05, 0.1) is 39.1 Å². The second kappa shape index (κ2) is 11.4. The SMILES string of the molecule is CN(Cc1cnn(C)c1)C(=O)[C@H]1CCc2c(-c3ccc(C(=O)O)cc3F)nn(C(=O)c3c(Cl)cccc3C3(C(F)(F)F)CC3)c2C1. The van der Waals surface area contributed by atoms with Crippen molar-refractivity contribution in [3.8, 4) is 11.3 Å². The lowest BCUT2D eigenvalue weighted by molar-refractivity contribution is -0.160. The van der Waals surface area contributed by atoms with Crippen LogP contribution in [-0.4, -0.2) is 60.6 Å². The number of carboxylic acids is 1. The minimum Gasteiger partial charge on any atom is -0.478 e. The van der Waals surface area contributed by atoms with E-state index in [-0.39, 0.29) is 76.8 Å². The molecule has 1 atom stereocenters. The highest BCUT2D eigenvalue weighted by atomic mass is 35.5. The lowest BCUT2D eigenvalue weighted by Gasteiger charge is -2.27. The molecule has 6 rings (SSSR count). The van der Waals surface area contributed by atoms with Crippen LogP contribution in [0, 0.1) is 11.7 Å². The van der Waals surface area contributed by atoms with Crippen LogP contribution in [0.1, 0.15) is 62.4 Å². The van der Waals surface area contributed by atoms with E-state index in [1.807, 2.05) is 0 Å². The molecule has 46 heavy (non-hydrogen) atoms. The molecule has 0 bridgehead atoms. The second-order valence-electron chi connectivity index (χ2n) is 11.9. The summed E-state index contributed by atoms with van der Waals surface area (Å²) in [4.78, 5) is 40.8. The van der Waals surface area contributed by atoms with Gasteiger partial charge in [-0.1, -0.05) is 23.7 Å². The second-order valence-corrected chi connectivity index (χ2v) is 12.3. The normalized spacial score (nSPS) is 17.0. The van der Waals surface area contributed by atoms with Crippen molar-refractivity contribution in [1.82, 2.24) is 24.5 Å². The van der Waals surface area contributed by atoms with Crippen molar-refractivity contribution in [1.29, 1.82) is 0 Å². The van der Waals surface area contributed by atoms with Crippen LogP contribution in [-0.2, 0) is 36.6 Å². The molecule has 2 aliphatic rings. The molecule has 0 aliphatic heterocycles. The van der Waals surface area contributed by atoms with Gasteiger partial charge >= 0.3 is 12.1 Å². The Kier molecular flexibility index (Phi) is 7.78. The van der Waals surface area contributed by atoms with Crippen LogP contribution >= 0.6 is 11.6 Å². The van der Waals surface area contributed by atoms with E-state index < -0.39 is 35.2 Å². The van der Waals surface area contributed by atoms with E-state index >= 15 is 4.39 Å². The summed E-state index contributed by atoms with van der Waals surface area (Å²) < 4.78 is 60.7. The summed E-state index contributed by atoms with van der Waals surface area (Å²) >= 11 is 6.42.